The van der Waals surface area contributed by atoms with E-state index in [0.717, 1.165) is 0 Å². The molecule has 2 fully saturated rings. The number of hydrogen-bond acceptors (Lipinski definition) is 5. The molecule has 7 heteroatoms. The molecular weight excluding hydrogens is 286 g/mol. The maximum absolute atomic E-state index is 12.2. The molecule has 3 rings (SSSR count). The average molecular weight is 300 g/mol. The molecule has 0 spiro atoms. The van der Waals surface area contributed by atoms with E-state index < -0.39 is 47.2 Å². The van der Waals surface area contributed by atoms with Crippen molar-refractivity contribution < 1.29 is 24.0 Å². The quantitative estimate of drug-likeness (QED) is 0.434. The molecule has 3 aliphatic heterocycles. The van der Waals surface area contributed by atoms with Gasteiger partial charge in [0.2, 0.25) is 0 Å². The number of hydroxylamine groups is 2. The molecule has 2 saturated heterocycles. The van der Waals surface area contributed by atoms with Gasteiger partial charge in [0.25, 0.3) is 11.8 Å². The minimum absolute atomic E-state index is 0.0326. The monoisotopic (exact) mass is 299 g/mol. The zero-order valence-electron chi connectivity index (χ0n) is 11.0. The Hall–Kier alpha value is -1.40. The first-order valence-corrected chi connectivity index (χ1v) is 6.90. The molecule has 3 aliphatic rings. The lowest BCUT2D eigenvalue weighted by atomic mass is 9.85. The van der Waals surface area contributed by atoms with Crippen molar-refractivity contribution in [2.75, 3.05) is 5.88 Å². The van der Waals surface area contributed by atoms with Gasteiger partial charge in [0.15, 0.2) is 0 Å². The smallest absolute Gasteiger partial charge is 0.339 e. The summed E-state index contributed by atoms with van der Waals surface area (Å²) in [5, 5.41) is 0.585. The number of halogens is 1. The van der Waals surface area contributed by atoms with Crippen LogP contribution in [0.25, 0.3) is 0 Å². The van der Waals surface area contributed by atoms with Crippen molar-refractivity contribution in [1.29, 1.82) is 0 Å². The van der Waals surface area contributed by atoms with Gasteiger partial charge in [0, 0.05) is 5.88 Å². The predicted octanol–water partition coefficient (Wildman–Crippen LogP) is 0.648. The molecule has 20 heavy (non-hydrogen) atoms. The second-order valence-electron chi connectivity index (χ2n) is 5.87. The fourth-order valence-corrected chi connectivity index (χ4v) is 2.74. The number of nitrogens with zero attached hydrogens (tertiary/aromatic N) is 1. The van der Waals surface area contributed by atoms with Crippen LogP contribution in [0.1, 0.15) is 13.8 Å². The number of imide groups is 1. The van der Waals surface area contributed by atoms with E-state index >= 15 is 0 Å². The molecule has 0 aromatic rings. The summed E-state index contributed by atoms with van der Waals surface area (Å²) >= 11 is 5.68. The largest absolute Gasteiger partial charge is 0.365 e. The van der Waals surface area contributed by atoms with E-state index in [1.54, 1.807) is 26.0 Å². The van der Waals surface area contributed by atoms with Crippen LogP contribution < -0.4 is 0 Å². The second-order valence-corrected chi connectivity index (χ2v) is 6.14. The summed E-state index contributed by atoms with van der Waals surface area (Å²) in [4.78, 5) is 41.4. The molecule has 3 heterocycles. The number of hydrogen-bond donors (Lipinski definition) is 0. The van der Waals surface area contributed by atoms with Crippen LogP contribution in [0.15, 0.2) is 12.2 Å². The summed E-state index contributed by atoms with van der Waals surface area (Å²) in [5.74, 6) is -2.86. The van der Waals surface area contributed by atoms with Gasteiger partial charge in [-0.3, -0.25) is 9.59 Å². The minimum atomic E-state index is -0.965. The van der Waals surface area contributed by atoms with Crippen molar-refractivity contribution in [3.05, 3.63) is 12.2 Å². The van der Waals surface area contributed by atoms with Crippen molar-refractivity contribution >= 4 is 29.4 Å². The highest BCUT2D eigenvalue weighted by Crippen LogP contribution is 2.45. The van der Waals surface area contributed by atoms with Gasteiger partial charge in [0.05, 0.1) is 29.5 Å². The number of ether oxygens (including phenoxy) is 1. The van der Waals surface area contributed by atoms with Crippen LogP contribution in [-0.2, 0) is 24.0 Å². The van der Waals surface area contributed by atoms with Crippen LogP contribution in [0.5, 0.6) is 0 Å². The Morgan fingerprint density at radius 3 is 2.25 bits per heavy atom. The lowest BCUT2D eigenvalue weighted by molar-refractivity contribution is -0.205. The second kappa shape index (κ2) is 4.30. The van der Waals surface area contributed by atoms with Crippen LogP contribution >= 0.6 is 11.6 Å². The highest BCUT2D eigenvalue weighted by molar-refractivity contribution is 6.19. The van der Waals surface area contributed by atoms with Crippen LogP contribution in [-0.4, -0.2) is 40.9 Å². The van der Waals surface area contributed by atoms with E-state index in [0.29, 0.717) is 5.06 Å². The number of carbonyl (C=O) groups is 3. The average Bonchev–Trinajstić information content (AvgIpc) is 3.08. The van der Waals surface area contributed by atoms with Gasteiger partial charge in [-0.15, -0.1) is 16.7 Å². The molecule has 2 bridgehead atoms. The maximum Gasteiger partial charge on any atom is 0.339 e. The number of rotatable bonds is 3. The van der Waals surface area contributed by atoms with Crippen LogP contribution in [0, 0.1) is 17.3 Å². The maximum atomic E-state index is 12.2. The molecule has 0 aromatic heterocycles. The predicted molar refractivity (Wildman–Crippen MR) is 67.2 cm³/mol. The van der Waals surface area contributed by atoms with Gasteiger partial charge in [-0.25, -0.2) is 4.79 Å². The van der Waals surface area contributed by atoms with Crippen molar-refractivity contribution in [2.45, 2.75) is 26.1 Å². The first-order chi connectivity index (χ1) is 9.36. The molecule has 108 valence electrons. The Labute approximate surface area is 120 Å². The van der Waals surface area contributed by atoms with E-state index in [1.807, 2.05) is 0 Å². The third-order valence-electron chi connectivity index (χ3n) is 3.93. The Kier molecular flexibility index (Phi) is 2.92. The molecule has 4 atom stereocenters. The highest BCUT2D eigenvalue weighted by Gasteiger charge is 2.62. The lowest BCUT2D eigenvalue weighted by Crippen LogP contribution is -2.41. The van der Waals surface area contributed by atoms with E-state index in [9.17, 15) is 14.4 Å². The van der Waals surface area contributed by atoms with E-state index in [1.165, 1.54) is 0 Å². The Morgan fingerprint density at radius 2 is 1.80 bits per heavy atom. The Bertz CT molecular complexity index is 499. The normalized spacial score (nSPS) is 34.9. The summed E-state index contributed by atoms with van der Waals surface area (Å²) < 4.78 is 5.48. The van der Waals surface area contributed by atoms with E-state index in [4.69, 9.17) is 21.2 Å². The Morgan fingerprint density at radius 1 is 1.30 bits per heavy atom. The van der Waals surface area contributed by atoms with Crippen LogP contribution in [0.4, 0.5) is 0 Å². The third-order valence-corrected chi connectivity index (χ3v) is 4.60. The van der Waals surface area contributed by atoms with Crippen molar-refractivity contribution in [3.63, 3.8) is 0 Å². The molecular formula is C13H14ClNO5. The van der Waals surface area contributed by atoms with Gasteiger partial charge in [0.1, 0.15) is 0 Å². The molecule has 2 amide bonds. The minimum Gasteiger partial charge on any atom is -0.365 e. The first-order valence-electron chi connectivity index (χ1n) is 6.37. The van der Waals surface area contributed by atoms with Crippen molar-refractivity contribution in [2.24, 2.45) is 17.3 Å². The molecule has 0 aliphatic carbocycles. The Balaban J connectivity index is 1.79. The van der Waals surface area contributed by atoms with Crippen molar-refractivity contribution in [1.82, 2.24) is 5.06 Å². The zero-order valence-corrected chi connectivity index (χ0v) is 11.8. The van der Waals surface area contributed by atoms with Crippen molar-refractivity contribution in [3.8, 4) is 0 Å². The topological polar surface area (TPSA) is 72.9 Å². The molecule has 0 radical (unpaired) electrons. The van der Waals surface area contributed by atoms with Gasteiger partial charge in [-0.05, 0) is 13.8 Å². The van der Waals surface area contributed by atoms with Crippen LogP contribution in [0.3, 0.4) is 0 Å². The number of carbonyl (C=O) groups excluding carboxylic acids is 3. The molecule has 0 saturated carbocycles. The van der Waals surface area contributed by atoms with E-state index in [2.05, 4.69) is 0 Å². The van der Waals surface area contributed by atoms with E-state index in [-0.39, 0.29) is 5.88 Å². The van der Waals surface area contributed by atoms with Gasteiger partial charge in [-0.1, -0.05) is 12.2 Å². The standard InChI is InChI=1S/C13H14ClNO5/c1-13(2,5-14)12(18)20-15-10(16)8-6-3-4-7(19-6)9(8)11(15)17/h3-4,6-9H,5H2,1-2H3. The molecule has 4 unspecified atom stereocenters. The summed E-state index contributed by atoms with van der Waals surface area (Å²) in [7, 11) is 0. The van der Waals surface area contributed by atoms with Gasteiger partial charge < -0.3 is 9.57 Å². The molecule has 0 aromatic carbocycles. The highest BCUT2D eigenvalue weighted by atomic mass is 35.5. The fourth-order valence-electron chi connectivity index (χ4n) is 2.63. The summed E-state index contributed by atoms with van der Waals surface area (Å²) in [6.45, 7) is 3.17. The number of amides is 2. The number of alkyl halides is 1. The first kappa shape index (κ1) is 13.6. The van der Waals surface area contributed by atoms with Gasteiger partial charge >= 0.3 is 5.97 Å². The molecule has 6 nitrogen and oxygen atoms in total. The van der Waals surface area contributed by atoms with Crippen LogP contribution in [0.2, 0.25) is 0 Å². The summed E-state index contributed by atoms with van der Waals surface area (Å²) in [6, 6.07) is 0. The fraction of sp³-hybridized carbons (Fsp3) is 0.615. The number of fused-ring (bicyclic) bond motifs is 5. The summed E-state index contributed by atoms with van der Waals surface area (Å²) in [5.41, 5.74) is -0.965. The SMILES string of the molecule is CC(C)(CCl)C(=O)ON1C(=O)C2C3C=CC(O3)C2C1=O. The lowest BCUT2D eigenvalue weighted by Gasteiger charge is -2.23. The summed E-state index contributed by atoms with van der Waals surface area (Å²) in [6.07, 6.45) is 2.74. The van der Waals surface area contributed by atoms with Gasteiger partial charge in [-0.2, -0.15) is 0 Å². The third kappa shape index (κ3) is 1.71. The zero-order chi connectivity index (χ0) is 14.7. The molecule has 0 N–H and O–H groups in total.